The first kappa shape index (κ1) is 15.4. The number of ketones is 1. The first-order chi connectivity index (χ1) is 11.0. The molecule has 2 aromatic heterocycles. The number of hydrogen-bond donors (Lipinski definition) is 0. The van der Waals surface area contributed by atoms with Crippen LogP contribution >= 0.6 is 11.3 Å². The highest BCUT2D eigenvalue weighted by atomic mass is 32.1. The molecule has 0 aliphatic carbocycles. The first-order valence-corrected chi connectivity index (χ1v) is 8.07. The Morgan fingerprint density at radius 2 is 1.96 bits per heavy atom. The fourth-order valence-corrected chi connectivity index (χ4v) is 3.19. The number of carbonyl (C=O) groups excluding carboxylic acids is 1. The van der Waals surface area contributed by atoms with Crippen LogP contribution in [0.15, 0.2) is 39.0 Å². The van der Waals surface area contributed by atoms with Crippen molar-refractivity contribution in [1.29, 1.82) is 0 Å². The number of hydrogen-bond acceptors (Lipinski definition) is 5. The average molecular weight is 328 g/mol. The summed E-state index contributed by atoms with van der Waals surface area (Å²) in [6.07, 6.45) is 0. The Labute approximate surface area is 137 Å². The molecule has 0 spiro atoms. The van der Waals surface area contributed by atoms with Gasteiger partial charge in [-0.05, 0) is 55.0 Å². The van der Waals surface area contributed by atoms with Gasteiger partial charge >= 0.3 is 5.76 Å². The van der Waals surface area contributed by atoms with E-state index >= 15 is 0 Å². The molecule has 1 aromatic carbocycles. The van der Waals surface area contributed by atoms with Gasteiger partial charge in [0.05, 0.1) is 11.4 Å². The molecule has 3 aromatic rings. The van der Waals surface area contributed by atoms with E-state index in [4.69, 9.17) is 4.52 Å². The van der Waals surface area contributed by atoms with Crippen molar-refractivity contribution in [2.45, 2.75) is 27.3 Å². The second-order valence-electron chi connectivity index (χ2n) is 5.51. The minimum atomic E-state index is -0.622. The van der Waals surface area contributed by atoms with Gasteiger partial charge in [0, 0.05) is 5.56 Å². The molecule has 6 heteroatoms. The number of aromatic nitrogens is 2. The Morgan fingerprint density at radius 1 is 1.22 bits per heavy atom. The van der Waals surface area contributed by atoms with Crippen LogP contribution in [0.3, 0.4) is 0 Å². The summed E-state index contributed by atoms with van der Waals surface area (Å²) in [5.41, 5.74) is 3.72. The average Bonchev–Trinajstić information content (AvgIpc) is 3.14. The summed E-state index contributed by atoms with van der Waals surface area (Å²) in [7, 11) is 0. The van der Waals surface area contributed by atoms with Crippen LogP contribution in [0.2, 0.25) is 0 Å². The minimum absolute atomic E-state index is 0.0844. The maximum absolute atomic E-state index is 12.6. The third-order valence-electron chi connectivity index (χ3n) is 3.87. The normalized spacial score (nSPS) is 10.9. The zero-order chi connectivity index (χ0) is 16.6. The van der Waals surface area contributed by atoms with Gasteiger partial charge in [-0.3, -0.25) is 9.32 Å². The lowest BCUT2D eigenvalue weighted by atomic mass is 9.98. The van der Waals surface area contributed by atoms with E-state index < -0.39 is 5.76 Å². The van der Waals surface area contributed by atoms with E-state index in [1.807, 2.05) is 50.4 Å². The molecule has 0 unspecified atom stereocenters. The quantitative estimate of drug-likeness (QED) is 0.689. The van der Waals surface area contributed by atoms with Crippen molar-refractivity contribution >= 4 is 17.1 Å². The lowest BCUT2D eigenvalue weighted by Gasteiger charge is -2.09. The summed E-state index contributed by atoms with van der Waals surface area (Å²) in [5, 5.41) is 5.68. The molecular weight excluding hydrogens is 312 g/mol. The Bertz CT molecular complexity index is 920. The molecule has 0 radical (unpaired) electrons. The van der Waals surface area contributed by atoms with Gasteiger partial charge in [0.25, 0.3) is 0 Å². The number of nitrogens with zero attached hydrogens (tertiary/aromatic N) is 2. The number of aryl methyl sites for hydroxylation is 3. The SMILES string of the molecule is Cc1cc(C)c(C(=O)Cn2c(-c3cccs3)noc2=O)cc1C. The minimum Gasteiger partial charge on any atom is -0.295 e. The van der Waals surface area contributed by atoms with Crippen molar-refractivity contribution in [1.82, 2.24) is 9.72 Å². The highest BCUT2D eigenvalue weighted by Crippen LogP contribution is 2.22. The number of thiophene rings is 1. The van der Waals surface area contributed by atoms with Crippen LogP contribution in [-0.4, -0.2) is 15.5 Å². The lowest BCUT2D eigenvalue weighted by Crippen LogP contribution is -2.21. The van der Waals surface area contributed by atoms with Crippen LogP contribution in [0.1, 0.15) is 27.0 Å². The van der Waals surface area contributed by atoms with E-state index in [0.29, 0.717) is 11.4 Å². The molecule has 0 N–H and O–H groups in total. The Morgan fingerprint density at radius 3 is 2.65 bits per heavy atom. The third kappa shape index (κ3) is 2.90. The maximum atomic E-state index is 12.6. The van der Waals surface area contributed by atoms with Gasteiger partial charge in [-0.25, -0.2) is 9.36 Å². The summed E-state index contributed by atoms with van der Waals surface area (Å²) >= 11 is 1.44. The summed E-state index contributed by atoms with van der Waals surface area (Å²) in [5.74, 6) is -0.364. The van der Waals surface area contributed by atoms with Gasteiger partial charge in [0.1, 0.15) is 0 Å². The molecule has 118 valence electrons. The summed E-state index contributed by atoms with van der Waals surface area (Å²) in [4.78, 5) is 25.3. The second-order valence-corrected chi connectivity index (χ2v) is 6.46. The molecule has 0 amide bonds. The van der Waals surface area contributed by atoms with E-state index in [-0.39, 0.29) is 12.3 Å². The maximum Gasteiger partial charge on any atom is 0.442 e. The van der Waals surface area contributed by atoms with Gasteiger partial charge in [-0.2, -0.15) is 0 Å². The zero-order valence-electron chi connectivity index (χ0n) is 13.1. The van der Waals surface area contributed by atoms with Crippen LogP contribution in [0.5, 0.6) is 0 Å². The van der Waals surface area contributed by atoms with Crippen molar-refractivity contribution in [2.75, 3.05) is 0 Å². The number of carbonyl (C=O) groups is 1. The molecule has 0 saturated heterocycles. The van der Waals surface area contributed by atoms with Gasteiger partial charge in [-0.15, -0.1) is 11.3 Å². The van der Waals surface area contributed by atoms with Crippen molar-refractivity contribution in [3.8, 4) is 10.7 Å². The monoisotopic (exact) mass is 328 g/mol. The predicted molar refractivity (Wildman–Crippen MR) is 89.1 cm³/mol. The zero-order valence-corrected chi connectivity index (χ0v) is 13.9. The summed E-state index contributed by atoms with van der Waals surface area (Å²) < 4.78 is 6.02. The van der Waals surface area contributed by atoms with Crippen LogP contribution in [-0.2, 0) is 6.54 Å². The topological polar surface area (TPSA) is 65.1 Å². The van der Waals surface area contributed by atoms with Crippen molar-refractivity contribution in [3.63, 3.8) is 0 Å². The van der Waals surface area contributed by atoms with Crippen LogP contribution in [0.25, 0.3) is 10.7 Å². The molecule has 5 nitrogen and oxygen atoms in total. The smallest absolute Gasteiger partial charge is 0.295 e. The molecule has 0 atom stereocenters. The fraction of sp³-hybridized carbons (Fsp3) is 0.235. The van der Waals surface area contributed by atoms with Crippen molar-refractivity contribution in [3.05, 3.63) is 62.4 Å². The molecule has 0 bridgehead atoms. The highest BCUT2D eigenvalue weighted by Gasteiger charge is 2.18. The largest absolute Gasteiger partial charge is 0.442 e. The number of benzene rings is 1. The van der Waals surface area contributed by atoms with Crippen molar-refractivity contribution in [2.24, 2.45) is 0 Å². The van der Waals surface area contributed by atoms with Crippen LogP contribution in [0.4, 0.5) is 0 Å². The molecule has 3 rings (SSSR count). The molecule has 0 saturated carbocycles. The van der Waals surface area contributed by atoms with Crippen LogP contribution < -0.4 is 5.76 Å². The predicted octanol–water partition coefficient (Wildman–Crippen LogP) is 3.37. The van der Waals surface area contributed by atoms with E-state index in [0.717, 1.165) is 21.6 Å². The molecule has 0 aliphatic rings. The standard InChI is InChI=1S/C17H16N2O3S/c1-10-7-12(3)13(8-11(10)2)14(20)9-19-16(18-22-17(19)21)15-5-4-6-23-15/h4-8H,9H2,1-3H3. The molecule has 0 fully saturated rings. The molecule has 0 aliphatic heterocycles. The van der Waals surface area contributed by atoms with Crippen LogP contribution in [0, 0.1) is 20.8 Å². The summed E-state index contributed by atoms with van der Waals surface area (Å²) in [6, 6.07) is 7.55. The van der Waals surface area contributed by atoms with E-state index in [1.54, 1.807) is 0 Å². The number of Topliss-reactive ketones (excluding diaryl/α,β-unsaturated/α-hetero) is 1. The molecular formula is C17H16N2O3S. The van der Waals surface area contributed by atoms with Gasteiger partial charge in [-0.1, -0.05) is 17.3 Å². The van der Waals surface area contributed by atoms with Crippen molar-refractivity contribution < 1.29 is 9.32 Å². The lowest BCUT2D eigenvalue weighted by molar-refractivity contribution is 0.0969. The molecule has 2 heterocycles. The highest BCUT2D eigenvalue weighted by molar-refractivity contribution is 7.13. The fourth-order valence-electron chi connectivity index (χ4n) is 2.48. The van der Waals surface area contributed by atoms with Gasteiger partial charge in [0.2, 0.25) is 0 Å². The number of rotatable bonds is 4. The van der Waals surface area contributed by atoms with E-state index in [2.05, 4.69) is 5.16 Å². The Kier molecular flexibility index (Phi) is 4.00. The Hall–Kier alpha value is -2.47. The van der Waals surface area contributed by atoms with Gasteiger partial charge < -0.3 is 0 Å². The first-order valence-electron chi connectivity index (χ1n) is 7.19. The summed E-state index contributed by atoms with van der Waals surface area (Å²) in [6.45, 7) is 5.79. The molecule has 23 heavy (non-hydrogen) atoms. The van der Waals surface area contributed by atoms with Gasteiger partial charge in [0.15, 0.2) is 11.6 Å². The second kappa shape index (κ2) is 5.96. The Balaban J connectivity index is 1.97. The van der Waals surface area contributed by atoms with E-state index in [9.17, 15) is 9.59 Å². The van der Waals surface area contributed by atoms with E-state index in [1.165, 1.54) is 15.9 Å². The third-order valence-corrected chi connectivity index (χ3v) is 4.74.